The summed E-state index contributed by atoms with van der Waals surface area (Å²) in [6.45, 7) is 5.77. The number of hydrogen-bond donors (Lipinski definition) is 1. The Hall–Kier alpha value is -1.11. The molecule has 1 aromatic rings. The smallest absolute Gasteiger partial charge is 0.330 e. The molecule has 26 heavy (non-hydrogen) atoms. The van der Waals surface area contributed by atoms with Crippen molar-refractivity contribution < 1.29 is 9.53 Å². The summed E-state index contributed by atoms with van der Waals surface area (Å²) in [5.74, 6) is 0.589. The van der Waals surface area contributed by atoms with Crippen LogP contribution >= 0.6 is 23.7 Å². The summed E-state index contributed by atoms with van der Waals surface area (Å²) in [7, 11) is 0. The number of anilines is 1. The number of nitrogens with zero attached hydrogens (tertiary/aromatic N) is 2. The number of aromatic nitrogens is 1. The predicted molar refractivity (Wildman–Crippen MR) is 110 cm³/mol. The molecule has 3 rings (SSSR count). The van der Waals surface area contributed by atoms with Gasteiger partial charge in [-0.25, -0.2) is 9.78 Å². The van der Waals surface area contributed by atoms with Crippen LogP contribution in [0.15, 0.2) is 11.5 Å². The van der Waals surface area contributed by atoms with Gasteiger partial charge in [0.05, 0.1) is 12.3 Å². The summed E-state index contributed by atoms with van der Waals surface area (Å²) in [5.41, 5.74) is 0.803. The molecule has 2 heterocycles. The number of nitrogens with one attached hydrogen (secondary N) is 1. The third-order valence-corrected chi connectivity index (χ3v) is 5.83. The monoisotopic (exact) mass is 399 g/mol. The van der Waals surface area contributed by atoms with Gasteiger partial charge in [0.15, 0.2) is 5.13 Å². The molecule has 0 unspecified atom stereocenters. The maximum atomic E-state index is 11.3. The summed E-state index contributed by atoms with van der Waals surface area (Å²) in [4.78, 5) is 18.5. The molecule has 1 atom stereocenters. The summed E-state index contributed by atoms with van der Waals surface area (Å²) >= 11 is 1.59. The number of hydrogen-bond acceptors (Lipinski definition) is 6. The van der Waals surface area contributed by atoms with E-state index in [1.54, 1.807) is 24.3 Å². The minimum Gasteiger partial charge on any atom is -0.463 e. The Balaban J connectivity index is 0.00000243. The van der Waals surface area contributed by atoms with E-state index in [0.717, 1.165) is 23.3 Å². The zero-order valence-electron chi connectivity index (χ0n) is 15.5. The molecule has 5 nitrogen and oxygen atoms in total. The first kappa shape index (κ1) is 21.2. The number of carbonyl (C=O) groups is 1. The van der Waals surface area contributed by atoms with Crippen LogP contribution in [0.2, 0.25) is 0 Å². The number of likely N-dealkylation sites (tertiary alicyclic amines) is 1. The standard InChI is InChI=1S/C19H29N3O2S.ClH/c1-2-24-18(23)9-8-17-14-25-19(21-17)20-16-10-11-22(13-16)12-15-6-4-3-5-7-15;/h8-9,14-16H,2-7,10-13H2,1H3,(H,20,21);1H/t16-;/m1./s1. The van der Waals surface area contributed by atoms with Gasteiger partial charge in [0, 0.05) is 37.1 Å². The van der Waals surface area contributed by atoms with Crippen molar-refractivity contribution in [2.75, 3.05) is 31.6 Å². The van der Waals surface area contributed by atoms with E-state index in [1.807, 2.05) is 5.38 Å². The van der Waals surface area contributed by atoms with E-state index in [0.29, 0.717) is 12.6 Å². The molecule has 0 spiro atoms. The molecule has 1 aliphatic carbocycles. The summed E-state index contributed by atoms with van der Waals surface area (Å²) in [5, 5.41) is 6.46. The van der Waals surface area contributed by atoms with Gasteiger partial charge in [-0.3, -0.25) is 0 Å². The lowest BCUT2D eigenvalue weighted by atomic mass is 9.89. The van der Waals surface area contributed by atoms with Gasteiger partial charge in [-0.2, -0.15) is 0 Å². The number of thiazole rings is 1. The molecule has 0 aromatic carbocycles. The largest absolute Gasteiger partial charge is 0.463 e. The van der Waals surface area contributed by atoms with E-state index < -0.39 is 0 Å². The van der Waals surface area contributed by atoms with Crippen LogP contribution in [0.1, 0.15) is 51.1 Å². The maximum Gasteiger partial charge on any atom is 0.330 e. The average molecular weight is 400 g/mol. The van der Waals surface area contributed by atoms with E-state index in [9.17, 15) is 4.79 Å². The van der Waals surface area contributed by atoms with E-state index in [4.69, 9.17) is 4.74 Å². The Kier molecular flexibility index (Phi) is 8.88. The lowest BCUT2D eigenvalue weighted by Crippen LogP contribution is -2.31. The second kappa shape index (κ2) is 10.9. The lowest BCUT2D eigenvalue weighted by Gasteiger charge is -2.26. The Morgan fingerprint density at radius 1 is 1.38 bits per heavy atom. The van der Waals surface area contributed by atoms with Gasteiger partial charge in [-0.1, -0.05) is 19.3 Å². The van der Waals surface area contributed by atoms with Crippen molar-refractivity contribution in [2.24, 2.45) is 5.92 Å². The first-order valence-electron chi connectivity index (χ1n) is 9.52. The third kappa shape index (κ3) is 6.56. The van der Waals surface area contributed by atoms with Gasteiger partial charge in [0.1, 0.15) is 0 Å². The van der Waals surface area contributed by atoms with E-state index in [1.165, 1.54) is 57.7 Å². The van der Waals surface area contributed by atoms with Gasteiger partial charge in [-0.15, -0.1) is 23.7 Å². The Morgan fingerprint density at radius 2 is 2.19 bits per heavy atom. The molecule has 1 N–H and O–H groups in total. The quantitative estimate of drug-likeness (QED) is 0.549. The first-order valence-corrected chi connectivity index (χ1v) is 10.4. The molecule has 1 saturated heterocycles. The number of rotatable bonds is 7. The van der Waals surface area contributed by atoms with Gasteiger partial charge in [0.2, 0.25) is 0 Å². The van der Waals surface area contributed by atoms with Crippen molar-refractivity contribution in [2.45, 2.75) is 51.5 Å². The Labute approximate surface area is 166 Å². The summed E-state index contributed by atoms with van der Waals surface area (Å²) in [6, 6.07) is 0.483. The van der Waals surface area contributed by atoms with Crippen molar-refractivity contribution in [1.29, 1.82) is 0 Å². The number of esters is 1. The zero-order valence-corrected chi connectivity index (χ0v) is 17.1. The topological polar surface area (TPSA) is 54.5 Å². The highest BCUT2D eigenvalue weighted by Gasteiger charge is 2.25. The van der Waals surface area contributed by atoms with Crippen LogP contribution in [0.3, 0.4) is 0 Å². The molecule has 0 bridgehead atoms. The molecular weight excluding hydrogens is 370 g/mol. The number of ether oxygens (including phenoxy) is 1. The first-order chi connectivity index (χ1) is 12.2. The second-order valence-electron chi connectivity index (χ2n) is 7.06. The fourth-order valence-electron chi connectivity index (χ4n) is 3.80. The highest BCUT2D eigenvalue weighted by Crippen LogP contribution is 2.26. The Morgan fingerprint density at radius 3 is 2.96 bits per heavy atom. The van der Waals surface area contributed by atoms with Gasteiger partial charge < -0.3 is 15.0 Å². The van der Waals surface area contributed by atoms with Crippen molar-refractivity contribution >= 4 is 40.9 Å². The van der Waals surface area contributed by atoms with Gasteiger partial charge in [0.25, 0.3) is 0 Å². The van der Waals surface area contributed by atoms with E-state index >= 15 is 0 Å². The van der Waals surface area contributed by atoms with E-state index in [-0.39, 0.29) is 18.4 Å². The van der Waals surface area contributed by atoms with E-state index in [2.05, 4.69) is 15.2 Å². The molecule has 0 radical (unpaired) electrons. The summed E-state index contributed by atoms with van der Waals surface area (Å²) in [6.07, 6.45) is 11.4. The number of halogens is 1. The number of carbonyl (C=O) groups excluding carboxylic acids is 1. The fourth-order valence-corrected chi connectivity index (χ4v) is 4.56. The lowest BCUT2D eigenvalue weighted by molar-refractivity contribution is -0.137. The minimum absolute atomic E-state index is 0. The van der Waals surface area contributed by atoms with Crippen LogP contribution in [0.5, 0.6) is 0 Å². The van der Waals surface area contributed by atoms with Crippen molar-refractivity contribution in [3.05, 3.63) is 17.2 Å². The molecule has 0 amide bonds. The summed E-state index contributed by atoms with van der Waals surface area (Å²) < 4.78 is 4.88. The molecule has 1 saturated carbocycles. The van der Waals surface area contributed by atoms with Crippen molar-refractivity contribution in [3.63, 3.8) is 0 Å². The van der Waals surface area contributed by atoms with Gasteiger partial charge >= 0.3 is 5.97 Å². The van der Waals surface area contributed by atoms with Crippen LogP contribution in [0.25, 0.3) is 6.08 Å². The molecule has 1 aromatic heterocycles. The highest BCUT2D eigenvalue weighted by molar-refractivity contribution is 7.13. The van der Waals surface area contributed by atoms with Crippen LogP contribution in [-0.4, -0.2) is 48.1 Å². The van der Waals surface area contributed by atoms with Crippen LogP contribution in [0.4, 0.5) is 5.13 Å². The van der Waals surface area contributed by atoms with Crippen molar-refractivity contribution in [3.8, 4) is 0 Å². The average Bonchev–Trinajstić information content (AvgIpc) is 3.24. The SMILES string of the molecule is CCOC(=O)C=Cc1csc(N[C@@H]2CCN(CC3CCCCC3)C2)n1.Cl. The Bertz CT molecular complexity index is 587. The minimum atomic E-state index is -0.320. The molecular formula is C19H30ClN3O2S. The van der Waals surface area contributed by atoms with Crippen molar-refractivity contribution in [1.82, 2.24) is 9.88 Å². The molecule has 146 valence electrons. The molecule has 2 fully saturated rings. The van der Waals surface area contributed by atoms with Crippen LogP contribution in [-0.2, 0) is 9.53 Å². The fraction of sp³-hybridized carbons (Fsp3) is 0.684. The normalized spacial score (nSPS) is 21.7. The predicted octanol–water partition coefficient (Wildman–Crippen LogP) is 4.21. The molecule has 2 aliphatic rings. The van der Waals surface area contributed by atoms with Crippen LogP contribution < -0.4 is 5.32 Å². The highest BCUT2D eigenvalue weighted by atomic mass is 35.5. The zero-order chi connectivity index (χ0) is 17.5. The second-order valence-corrected chi connectivity index (χ2v) is 7.91. The van der Waals surface area contributed by atoms with Crippen LogP contribution in [0, 0.1) is 5.92 Å². The maximum absolute atomic E-state index is 11.3. The van der Waals surface area contributed by atoms with Gasteiger partial charge in [-0.05, 0) is 38.2 Å². The molecule has 7 heteroatoms. The molecule has 1 aliphatic heterocycles. The third-order valence-electron chi connectivity index (χ3n) is 5.04.